The molecule has 3 nitrogen and oxygen atoms in total. The van der Waals surface area contributed by atoms with Crippen LogP contribution in [0.1, 0.15) is 43.6 Å². The molecule has 1 aliphatic carbocycles. The van der Waals surface area contributed by atoms with Gasteiger partial charge in [-0.05, 0) is 36.5 Å². The van der Waals surface area contributed by atoms with Crippen LogP contribution in [0.5, 0.6) is 0 Å². The Balaban J connectivity index is 1.99. The molecule has 0 spiro atoms. The smallest absolute Gasteiger partial charge is 0.250 e. The van der Waals surface area contributed by atoms with E-state index in [0.717, 1.165) is 5.69 Å². The Morgan fingerprint density at radius 1 is 1.18 bits per heavy atom. The third-order valence-electron chi connectivity index (χ3n) is 3.41. The zero-order valence-electron chi connectivity index (χ0n) is 9.98. The summed E-state index contributed by atoms with van der Waals surface area (Å²) in [5.41, 5.74) is 2.12. The van der Waals surface area contributed by atoms with Gasteiger partial charge in [-0.2, -0.15) is 0 Å². The molecule has 1 fully saturated rings. The number of hydrogen-bond donors (Lipinski definition) is 2. The van der Waals surface area contributed by atoms with Gasteiger partial charge in [-0.25, -0.2) is 0 Å². The number of aliphatic hydroxyl groups is 1. The molecule has 0 atom stereocenters. The SMILES string of the molecule is O=C(CO)Nc1ccc(C2CCCCC2)cc1. The molecule has 0 bridgehead atoms. The first-order chi connectivity index (χ1) is 8.29. The van der Waals surface area contributed by atoms with Crippen molar-refractivity contribution in [3.63, 3.8) is 0 Å². The van der Waals surface area contributed by atoms with Gasteiger partial charge >= 0.3 is 0 Å². The molecule has 2 N–H and O–H groups in total. The Morgan fingerprint density at radius 2 is 1.82 bits per heavy atom. The molecule has 1 aromatic carbocycles. The largest absolute Gasteiger partial charge is 0.387 e. The van der Waals surface area contributed by atoms with Crippen LogP contribution in [0.2, 0.25) is 0 Å². The predicted molar refractivity (Wildman–Crippen MR) is 68.0 cm³/mol. The standard InChI is InChI=1S/C14H19NO2/c16-10-14(17)15-13-8-6-12(7-9-13)11-4-2-1-3-5-11/h6-9,11,16H,1-5,10H2,(H,15,17). The first kappa shape index (κ1) is 12.1. The van der Waals surface area contributed by atoms with Gasteiger partial charge in [0.2, 0.25) is 5.91 Å². The fourth-order valence-corrected chi connectivity index (χ4v) is 2.48. The Hall–Kier alpha value is -1.35. The summed E-state index contributed by atoms with van der Waals surface area (Å²) in [4.78, 5) is 11.0. The second kappa shape index (κ2) is 5.82. The lowest BCUT2D eigenvalue weighted by Gasteiger charge is -2.22. The van der Waals surface area contributed by atoms with E-state index in [4.69, 9.17) is 5.11 Å². The lowest BCUT2D eigenvalue weighted by Crippen LogP contribution is -2.15. The lowest BCUT2D eigenvalue weighted by atomic mass is 9.84. The minimum absolute atomic E-state index is 0.365. The number of carbonyl (C=O) groups excluding carboxylic acids is 1. The summed E-state index contributed by atoms with van der Waals surface area (Å²) >= 11 is 0. The van der Waals surface area contributed by atoms with E-state index >= 15 is 0 Å². The minimum Gasteiger partial charge on any atom is -0.387 e. The van der Waals surface area contributed by atoms with Crippen molar-refractivity contribution in [2.75, 3.05) is 11.9 Å². The average molecular weight is 233 g/mol. The van der Waals surface area contributed by atoms with Crippen molar-refractivity contribution >= 4 is 11.6 Å². The summed E-state index contributed by atoms with van der Waals surface area (Å²) in [6.07, 6.45) is 6.58. The molecule has 1 amide bonds. The number of rotatable bonds is 3. The molecule has 1 aliphatic rings. The van der Waals surface area contributed by atoms with Crippen molar-refractivity contribution in [3.05, 3.63) is 29.8 Å². The van der Waals surface area contributed by atoms with Crippen LogP contribution in [0.4, 0.5) is 5.69 Å². The fraction of sp³-hybridized carbons (Fsp3) is 0.500. The highest BCUT2D eigenvalue weighted by molar-refractivity contribution is 5.91. The molecule has 0 radical (unpaired) electrons. The summed E-state index contributed by atoms with van der Waals surface area (Å²) in [5, 5.41) is 11.3. The Kier molecular flexibility index (Phi) is 4.15. The lowest BCUT2D eigenvalue weighted by molar-refractivity contribution is -0.118. The summed E-state index contributed by atoms with van der Waals surface area (Å²) in [5.74, 6) is 0.321. The maximum Gasteiger partial charge on any atom is 0.250 e. The number of benzene rings is 1. The molecule has 0 saturated heterocycles. The highest BCUT2D eigenvalue weighted by atomic mass is 16.3. The molecule has 1 aromatic rings. The van der Waals surface area contributed by atoms with Gasteiger partial charge in [0.25, 0.3) is 0 Å². The van der Waals surface area contributed by atoms with Crippen molar-refractivity contribution in [3.8, 4) is 0 Å². The van der Waals surface area contributed by atoms with Gasteiger partial charge in [-0.1, -0.05) is 31.4 Å². The third kappa shape index (κ3) is 3.30. The van der Waals surface area contributed by atoms with Gasteiger partial charge in [-0.3, -0.25) is 4.79 Å². The number of amides is 1. The number of aliphatic hydroxyl groups excluding tert-OH is 1. The van der Waals surface area contributed by atoms with Crippen LogP contribution >= 0.6 is 0 Å². The van der Waals surface area contributed by atoms with Gasteiger partial charge in [0.1, 0.15) is 6.61 Å². The summed E-state index contributed by atoms with van der Waals surface area (Å²) < 4.78 is 0. The monoisotopic (exact) mass is 233 g/mol. The first-order valence-electron chi connectivity index (χ1n) is 6.30. The molecule has 3 heteroatoms. The van der Waals surface area contributed by atoms with Crippen molar-refractivity contribution < 1.29 is 9.90 Å². The highest BCUT2D eigenvalue weighted by Gasteiger charge is 2.15. The van der Waals surface area contributed by atoms with Gasteiger partial charge in [0.05, 0.1) is 0 Å². The van der Waals surface area contributed by atoms with Gasteiger partial charge in [-0.15, -0.1) is 0 Å². The molecule has 92 valence electrons. The van der Waals surface area contributed by atoms with Crippen LogP contribution in [0.15, 0.2) is 24.3 Å². The van der Waals surface area contributed by atoms with Crippen LogP contribution in [-0.4, -0.2) is 17.6 Å². The summed E-state index contributed by atoms with van der Waals surface area (Å²) in [6, 6.07) is 8.00. The quantitative estimate of drug-likeness (QED) is 0.843. The minimum atomic E-state index is -0.468. The molecule has 0 aliphatic heterocycles. The second-order valence-corrected chi connectivity index (χ2v) is 4.66. The molecule has 17 heavy (non-hydrogen) atoms. The highest BCUT2D eigenvalue weighted by Crippen LogP contribution is 2.32. The molecule has 0 aromatic heterocycles. The van der Waals surface area contributed by atoms with Gasteiger partial charge in [0, 0.05) is 5.69 Å². The number of nitrogens with one attached hydrogen (secondary N) is 1. The van der Waals surface area contributed by atoms with Gasteiger partial charge < -0.3 is 10.4 Å². The van der Waals surface area contributed by atoms with E-state index < -0.39 is 6.61 Å². The van der Waals surface area contributed by atoms with E-state index in [1.54, 1.807) is 0 Å². The van der Waals surface area contributed by atoms with Crippen molar-refractivity contribution in [2.45, 2.75) is 38.0 Å². The molecule has 1 saturated carbocycles. The first-order valence-corrected chi connectivity index (χ1v) is 6.30. The van der Waals surface area contributed by atoms with E-state index in [1.165, 1.54) is 37.7 Å². The topological polar surface area (TPSA) is 49.3 Å². The van der Waals surface area contributed by atoms with Crippen molar-refractivity contribution in [1.82, 2.24) is 0 Å². The van der Waals surface area contributed by atoms with E-state index in [1.807, 2.05) is 12.1 Å². The normalized spacial score (nSPS) is 16.8. The van der Waals surface area contributed by atoms with Crippen molar-refractivity contribution in [1.29, 1.82) is 0 Å². The fourth-order valence-electron chi connectivity index (χ4n) is 2.48. The van der Waals surface area contributed by atoms with E-state index in [0.29, 0.717) is 5.92 Å². The average Bonchev–Trinajstić information content (AvgIpc) is 2.40. The zero-order valence-corrected chi connectivity index (χ0v) is 9.98. The summed E-state index contributed by atoms with van der Waals surface area (Å²) in [7, 11) is 0. The van der Waals surface area contributed by atoms with Crippen LogP contribution < -0.4 is 5.32 Å². The van der Waals surface area contributed by atoms with Crippen LogP contribution in [0, 0.1) is 0 Å². The van der Waals surface area contributed by atoms with Crippen LogP contribution in [0.25, 0.3) is 0 Å². The maximum absolute atomic E-state index is 11.0. The Morgan fingerprint density at radius 3 is 2.41 bits per heavy atom. The zero-order chi connectivity index (χ0) is 12.1. The second-order valence-electron chi connectivity index (χ2n) is 4.66. The molecule has 0 heterocycles. The molecule has 2 rings (SSSR count). The van der Waals surface area contributed by atoms with E-state index in [9.17, 15) is 4.79 Å². The maximum atomic E-state index is 11.0. The Bertz CT molecular complexity index is 366. The molecular weight excluding hydrogens is 214 g/mol. The number of carbonyl (C=O) groups is 1. The summed E-state index contributed by atoms with van der Waals surface area (Å²) in [6.45, 7) is -0.468. The van der Waals surface area contributed by atoms with Crippen LogP contribution in [0.3, 0.4) is 0 Å². The third-order valence-corrected chi connectivity index (χ3v) is 3.41. The number of hydrogen-bond acceptors (Lipinski definition) is 2. The van der Waals surface area contributed by atoms with E-state index in [2.05, 4.69) is 17.4 Å². The van der Waals surface area contributed by atoms with Crippen LogP contribution in [-0.2, 0) is 4.79 Å². The molecule has 0 unspecified atom stereocenters. The predicted octanol–water partition coefficient (Wildman–Crippen LogP) is 2.67. The van der Waals surface area contributed by atoms with Crippen molar-refractivity contribution in [2.24, 2.45) is 0 Å². The van der Waals surface area contributed by atoms with E-state index in [-0.39, 0.29) is 5.91 Å². The Labute approximate surface area is 102 Å². The number of anilines is 1. The van der Waals surface area contributed by atoms with Gasteiger partial charge in [0.15, 0.2) is 0 Å². The molecular formula is C14H19NO2.